The molecule has 0 fully saturated rings. The molecule has 13 aromatic heterocycles. The first kappa shape index (κ1) is 94.7. The fourth-order valence-corrected chi connectivity index (χ4v) is 17.5. The van der Waals surface area contributed by atoms with Gasteiger partial charge in [-0.15, -0.1) is 0 Å². The van der Waals surface area contributed by atoms with E-state index >= 15 is 0 Å². The normalized spacial score (nSPS) is 12.3. The van der Waals surface area contributed by atoms with Crippen LogP contribution in [0.2, 0.25) is 25.2 Å². The monoisotopic (exact) mass is 1980 g/mol. The lowest BCUT2D eigenvalue weighted by molar-refractivity contribution is 0.318. The molecular weight excluding hydrogens is 1890 g/mol. The topological polar surface area (TPSA) is 432 Å². The molecular formula is C101H86Cl5N29O6. The largest absolute Gasteiger partial charge is 0.497 e. The van der Waals surface area contributed by atoms with Crippen LogP contribution in [0.1, 0.15) is 114 Å². The third-order valence-electron chi connectivity index (χ3n) is 23.3. The number of imidazole rings is 4. The van der Waals surface area contributed by atoms with Gasteiger partial charge in [-0.3, -0.25) is 0 Å². The second-order valence-electron chi connectivity index (χ2n) is 32.5. The number of nitrogens with zero attached hydrogens (tertiary/aromatic N) is 24. The van der Waals surface area contributed by atoms with Crippen molar-refractivity contribution >= 4 is 175 Å². The van der Waals surface area contributed by atoms with Crippen LogP contribution in [0.5, 0.6) is 23.0 Å². The summed E-state index contributed by atoms with van der Waals surface area (Å²) in [7, 11) is 6.60. The summed E-state index contributed by atoms with van der Waals surface area (Å²) in [6.07, 6.45) is 13.1. The Kier molecular flexibility index (Phi) is 28.3. The summed E-state index contributed by atoms with van der Waals surface area (Å²) in [4.78, 5) is 76.8. The number of anilines is 4. The molecule has 706 valence electrons. The molecule has 0 amide bonds. The number of halogens is 5. The lowest BCUT2D eigenvalue weighted by Crippen LogP contribution is -2.18. The molecule has 0 aliphatic rings. The zero-order valence-corrected chi connectivity index (χ0v) is 80.7. The number of aromatic nitrogens is 22. The highest BCUT2D eigenvalue weighted by Crippen LogP contribution is 2.39. The van der Waals surface area contributed by atoms with E-state index in [9.17, 15) is 10.5 Å². The highest BCUT2D eigenvalue weighted by Gasteiger charge is 2.26. The first-order valence-corrected chi connectivity index (χ1v) is 45.9. The van der Waals surface area contributed by atoms with E-state index in [1.54, 1.807) is 78.9 Å². The van der Waals surface area contributed by atoms with Crippen molar-refractivity contribution in [3.8, 4) is 40.6 Å². The van der Waals surface area contributed by atoms with Gasteiger partial charge < -0.3 is 73.9 Å². The summed E-state index contributed by atoms with van der Waals surface area (Å²) < 4.78 is 34.1. The molecule has 35 nitrogen and oxygen atoms in total. The third kappa shape index (κ3) is 20.7. The van der Waals surface area contributed by atoms with Crippen LogP contribution in [0.15, 0.2) is 254 Å². The second kappa shape index (κ2) is 42.1. The Morgan fingerprint density at radius 1 is 0.397 bits per heavy atom. The summed E-state index contributed by atoms with van der Waals surface area (Å²) in [5.41, 5.74) is 20.0. The molecule has 4 atom stereocenters. The maximum absolute atomic E-state index is 9.62. The number of amidine groups is 1. The van der Waals surface area contributed by atoms with Gasteiger partial charge in [0.05, 0.1) is 147 Å². The number of rotatable bonds is 26. The molecule has 8 aromatic carbocycles. The Hall–Kier alpha value is -16.7. The molecule has 7 N–H and O–H groups in total. The second-order valence-corrected chi connectivity index (χ2v) is 34.5. The molecule has 141 heavy (non-hydrogen) atoms. The van der Waals surface area contributed by atoms with E-state index in [1.807, 2.05) is 222 Å². The van der Waals surface area contributed by atoms with E-state index in [0.29, 0.717) is 153 Å². The number of benzene rings is 8. The Labute approximate surface area is 829 Å². The molecule has 0 spiro atoms. The smallest absolute Gasteiger partial charge is 0.223 e. The SMILES string of the molecule is COc1ccc(Cn2cnc3c(N[C@@H](C)c4cc5cccc(Cl)c5c(-c5noc(C)n5)n4)ncnc32)cc1.COc1ccc(Cn2cnc3c(N[C@@H](C)c4cc5cccc(Cl)c5c(/C(N)=N/O)n4)ncnc32)cc1.COc1ccc(Cn2cnc3c(N[C@@H](C)c4cc5cccc(Cl)c5c(C#N)n4)ncnc32)cc1.COc1ccc(Cn2cnc3c(N[C@@H](C)c4cc5cccc(Cl)c5c(Cl)n4)ncnc32)cc1. The van der Waals surface area contributed by atoms with Crippen molar-refractivity contribution in [2.75, 3.05) is 49.7 Å². The molecule has 0 saturated carbocycles. The highest BCUT2D eigenvalue weighted by molar-refractivity contribution is 6.42. The number of fused-ring (bicyclic) bond motifs is 8. The first-order chi connectivity index (χ1) is 68.6. The van der Waals surface area contributed by atoms with Gasteiger partial charge in [0.15, 0.2) is 51.7 Å². The van der Waals surface area contributed by atoms with Gasteiger partial charge in [0.1, 0.15) is 98.7 Å². The van der Waals surface area contributed by atoms with Crippen molar-refractivity contribution < 1.29 is 28.7 Å². The Bertz CT molecular complexity index is 8250. The zero-order chi connectivity index (χ0) is 98.1. The number of aryl methyl sites for hydroxylation is 1. The number of oxime groups is 1. The van der Waals surface area contributed by atoms with Crippen molar-refractivity contribution in [3.05, 3.63) is 332 Å². The molecule has 13 heterocycles. The van der Waals surface area contributed by atoms with Crippen molar-refractivity contribution in [2.45, 2.75) is 85.0 Å². The van der Waals surface area contributed by atoms with Crippen LogP contribution in [0.4, 0.5) is 23.3 Å². The van der Waals surface area contributed by atoms with Crippen molar-refractivity contribution in [1.82, 2.24) is 108 Å². The van der Waals surface area contributed by atoms with Crippen LogP contribution < -0.4 is 45.9 Å². The van der Waals surface area contributed by atoms with Gasteiger partial charge in [0.25, 0.3) is 0 Å². The molecule has 0 saturated heterocycles. The summed E-state index contributed by atoms with van der Waals surface area (Å²) in [5, 5.41) is 48.6. The maximum atomic E-state index is 9.62. The van der Waals surface area contributed by atoms with Crippen LogP contribution >= 0.6 is 58.0 Å². The lowest BCUT2D eigenvalue weighted by Gasteiger charge is -2.17. The molecule has 21 aromatic rings. The average Bonchev–Trinajstić information content (AvgIpc) is 1.70. The minimum absolute atomic E-state index is 0.121. The van der Waals surface area contributed by atoms with Gasteiger partial charge in [-0.05, 0) is 169 Å². The van der Waals surface area contributed by atoms with Gasteiger partial charge in [-0.25, -0.2) is 79.7 Å². The average molecular weight is 1980 g/mol. The Morgan fingerprint density at radius 3 is 1.05 bits per heavy atom. The molecule has 40 heteroatoms. The first-order valence-electron chi connectivity index (χ1n) is 44.0. The van der Waals surface area contributed by atoms with Gasteiger partial charge in [-0.2, -0.15) is 10.2 Å². The van der Waals surface area contributed by atoms with Gasteiger partial charge >= 0.3 is 0 Å². The molecule has 0 radical (unpaired) electrons. The summed E-state index contributed by atoms with van der Waals surface area (Å²) in [6, 6.07) is 63.0. The number of pyridine rings is 4. The summed E-state index contributed by atoms with van der Waals surface area (Å²) in [6.45, 7) is 12.1. The van der Waals surface area contributed by atoms with E-state index in [0.717, 1.165) is 106 Å². The van der Waals surface area contributed by atoms with Gasteiger partial charge in [-0.1, -0.05) is 165 Å². The fourth-order valence-electron chi connectivity index (χ4n) is 16.1. The van der Waals surface area contributed by atoms with Crippen LogP contribution in [-0.4, -0.2) is 148 Å². The molecule has 0 aliphatic heterocycles. The predicted octanol–water partition coefficient (Wildman–Crippen LogP) is 21.0. The number of hydrogen-bond acceptors (Lipinski definition) is 30. The van der Waals surface area contributed by atoms with Crippen LogP contribution in [0, 0.1) is 18.3 Å². The third-order valence-corrected chi connectivity index (χ3v) is 24.8. The standard InChI is InChI=1S/C27H23ClN8O2.C25H23ClN8O2.C25H20ClN7O.C24H20Cl2N6O/c1-15(21-11-18-5-4-6-20(28)22(18)23(34-21)26-33-16(2)38-35-26)32-25-24-27(30-13-29-25)36(14-31-24)12-17-7-9-19(37-3)10-8-17;1-14(19-10-16-4-3-5-18(26)20(16)21(32-19)23(27)33-35)31-24-22-25(29-12-28-24)34(13-30-22)11-15-6-8-17(36-2)9-7-15;1-15(20-10-17-4-3-5-19(26)22(17)21(11-27)32-20)31-24-23-25(29-13-28-24)33(14-30-23)12-16-6-8-18(34-2)9-7-16;1-14(19-10-16-4-3-5-18(25)20(16)22(26)31-19)30-23-21-24(28-12-27-23)32(13-29-21)11-15-6-8-17(33-2)9-7-15/h4-11,13-15H,12H2,1-3H3,(H,29,30,32);3-10,12-14,35H,11H2,1-2H3,(H2,27,33)(H,28,29,31);3-10,13-15H,12H2,1-2H3,(H,28,29,31);3-10,12-14H,11H2,1-2H3,(H,27,28,30)/t15-;14-;15-;14-/m0000/s1. The quantitative estimate of drug-likeness (QED) is 0.00964. The van der Waals surface area contributed by atoms with Crippen LogP contribution in [-0.2, 0) is 26.2 Å². The van der Waals surface area contributed by atoms with Crippen LogP contribution in [0.3, 0.4) is 0 Å². The van der Waals surface area contributed by atoms with E-state index in [4.69, 9.17) is 92.2 Å². The molecule has 0 unspecified atom stereocenters. The Balaban J connectivity index is 0.000000124. The lowest BCUT2D eigenvalue weighted by atomic mass is 10.1. The van der Waals surface area contributed by atoms with Crippen molar-refractivity contribution in [3.63, 3.8) is 0 Å². The zero-order valence-electron chi connectivity index (χ0n) is 76.9. The van der Waals surface area contributed by atoms with E-state index < -0.39 is 0 Å². The fraction of sp³-hybridized carbons (Fsp3) is 0.168. The van der Waals surface area contributed by atoms with Crippen LogP contribution in [0.25, 0.3) is 99.3 Å². The van der Waals surface area contributed by atoms with Gasteiger partial charge in [0.2, 0.25) is 11.7 Å². The molecule has 0 aliphatic carbocycles. The minimum atomic E-state index is -0.288. The number of nitrogens with two attached hydrogens (primary N) is 1. The Morgan fingerprint density at radius 2 is 0.709 bits per heavy atom. The van der Waals surface area contributed by atoms with Crippen molar-refractivity contribution in [2.24, 2.45) is 10.9 Å². The highest BCUT2D eigenvalue weighted by atomic mass is 35.5. The number of nitrogens with one attached hydrogen (secondary N) is 4. The van der Waals surface area contributed by atoms with Crippen molar-refractivity contribution in [1.29, 1.82) is 5.26 Å². The summed E-state index contributed by atoms with van der Waals surface area (Å²) in [5.74, 6) is 6.37. The predicted molar refractivity (Wildman–Crippen MR) is 545 cm³/mol. The van der Waals surface area contributed by atoms with Gasteiger partial charge in [0, 0.05) is 28.5 Å². The number of nitriles is 1. The van der Waals surface area contributed by atoms with E-state index in [-0.39, 0.29) is 30.0 Å². The van der Waals surface area contributed by atoms with E-state index in [1.165, 1.54) is 25.3 Å². The van der Waals surface area contributed by atoms with E-state index in [2.05, 4.69) is 117 Å². The summed E-state index contributed by atoms with van der Waals surface area (Å²) >= 11 is 32.0. The number of methoxy groups -OCH3 is 4. The molecule has 21 rings (SSSR count). The number of hydrogen-bond donors (Lipinski definition) is 6. The minimum Gasteiger partial charge on any atom is -0.497 e. The molecule has 0 bridgehead atoms. The maximum Gasteiger partial charge on any atom is 0.223 e. The number of ether oxygens (including phenoxy) is 4.